The van der Waals surface area contributed by atoms with Gasteiger partial charge < -0.3 is 30.5 Å². The summed E-state index contributed by atoms with van der Waals surface area (Å²) in [4.78, 5) is 49.7. The molecule has 0 radical (unpaired) electrons. The molecule has 0 spiro atoms. The SMILES string of the molecule is CC(C)(NC(=O)C1(NC(=O)C(C)(C)NC(=O)OCc2ccccc2)CCOCC1)C(=O)O. The fraction of sp³-hybridized carbons (Fsp3) is 0.545. The van der Waals surface area contributed by atoms with E-state index in [1.54, 1.807) is 12.1 Å². The molecule has 2 rings (SSSR count). The molecule has 1 heterocycles. The van der Waals surface area contributed by atoms with E-state index < -0.39 is 40.5 Å². The molecule has 10 nitrogen and oxygen atoms in total. The van der Waals surface area contributed by atoms with Crippen LogP contribution in [0.2, 0.25) is 0 Å². The van der Waals surface area contributed by atoms with Gasteiger partial charge >= 0.3 is 12.1 Å². The van der Waals surface area contributed by atoms with Crippen molar-refractivity contribution in [3.8, 4) is 0 Å². The zero-order valence-corrected chi connectivity index (χ0v) is 18.8. The van der Waals surface area contributed by atoms with Crippen molar-refractivity contribution in [2.75, 3.05) is 13.2 Å². The van der Waals surface area contributed by atoms with Gasteiger partial charge in [-0.15, -0.1) is 0 Å². The predicted molar refractivity (Wildman–Crippen MR) is 115 cm³/mol. The zero-order chi connectivity index (χ0) is 24.0. The standard InChI is InChI=1S/C22H31N3O7/c1-20(2,25-19(30)32-14-15-8-6-5-7-9-15)16(26)24-22(10-12-31-13-11-22)17(27)23-21(3,4)18(28)29/h5-9H,10-14H2,1-4H3,(H,23,27)(H,24,26)(H,25,30)(H,28,29). The number of amides is 3. The van der Waals surface area contributed by atoms with Crippen LogP contribution in [0.5, 0.6) is 0 Å². The van der Waals surface area contributed by atoms with Crippen LogP contribution in [0.15, 0.2) is 30.3 Å². The molecule has 10 heteroatoms. The fourth-order valence-corrected chi connectivity index (χ4v) is 3.03. The van der Waals surface area contributed by atoms with Crippen molar-refractivity contribution < 1.29 is 33.8 Å². The summed E-state index contributed by atoms with van der Waals surface area (Å²) < 4.78 is 10.5. The Balaban J connectivity index is 2.06. The Hall–Kier alpha value is -3.14. The van der Waals surface area contributed by atoms with Gasteiger partial charge in [-0.3, -0.25) is 9.59 Å². The third kappa shape index (κ3) is 6.43. The highest BCUT2D eigenvalue weighted by atomic mass is 16.5. The highest BCUT2D eigenvalue weighted by Crippen LogP contribution is 2.23. The summed E-state index contributed by atoms with van der Waals surface area (Å²) in [5.74, 6) is -2.44. The number of carbonyl (C=O) groups excluding carboxylic acids is 3. The van der Waals surface area contributed by atoms with Gasteiger partial charge in [-0.25, -0.2) is 9.59 Å². The van der Waals surface area contributed by atoms with Gasteiger partial charge in [0.05, 0.1) is 0 Å². The lowest BCUT2D eigenvalue weighted by Crippen LogP contribution is -2.68. The smallest absolute Gasteiger partial charge is 0.408 e. The van der Waals surface area contributed by atoms with Gasteiger partial charge in [0.1, 0.15) is 23.2 Å². The van der Waals surface area contributed by atoms with Gasteiger partial charge in [0.15, 0.2) is 0 Å². The van der Waals surface area contributed by atoms with Crippen molar-refractivity contribution in [2.45, 2.75) is 63.8 Å². The summed E-state index contributed by atoms with van der Waals surface area (Å²) in [6, 6.07) is 9.08. The molecular weight excluding hydrogens is 418 g/mol. The molecule has 1 aliphatic rings. The lowest BCUT2D eigenvalue weighted by molar-refractivity contribution is -0.149. The van der Waals surface area contributed by atoms with Crippen LogP contribution >= 0.6 is 0 Å². The topological polar surface area (TPSA) is 143 Å². The molecule has 32 heavy (non-hydrogen) atoms. The number of carbonyl (C=O) groups is 4. The average molecular weight is 450 g/mol. The highest BCUT2D eigenvalue weighted by Gasteiger charge is 2.46. The summed E-state index contributed by atoms with van der Waals surface area (Å²) in [6.45, 7) is 6.16. The summed E-state index contributed by atoms with van der Waals surface area (Å²) >= 11 is 0. The lowest BCUT2D eigenvalue weighted by Gasteiger charge is -2.40. The van der Waals surface area contributed by atoms with Gasteiger partial charge in [0, 0.05) is 26.1 Å². The van der Waals surface area contributed by atoms with Crippen molar-refractivity contribution in [3.63, 3.8) is 0 Å². The molecule has 3 amide bonds. The molecular formula is C22H31N3O7. The Morgan fingerprint density at radius 3 is 2.16 bits per heavy atom. The minimum absolute atomic E-state index is 0.0400. The van der Waals surface area contributed by atoms with Gasteiger partial charge in [0.25, 0.3) is 0 Å². The first-order chi connectivity index (χ1) is 14.9. The molecule has 1 aromatic rings. The second-order valence-corrected chi connectivity index (χ2v) is 8.84. The van der Waals surface area contributed by atoms with E-state index in [4.69, 9.17) is 9.47 Å². The van der Waals surface area contributed by atoms with Crippen LogP contribution in [0.1, 0.15) is 46.1 Å². The van der Waals surface area contributed by atoms with Gasteiger partial charge in [-0.05, 0) is 33.3 Å². The molecule has 0 saturated carbocycles. The number of carboxylic acid groups (broad SMARTS) is 1. The van der Waals surface area contributed by atoms with Crippen LogP contribution in [0.4, 0.5) is 4.79 Å². The van der Waals surface area contributed by atoms with E-state index in [1.165, 1.54) is 27.7 Å². The second kappa shape index (κ2) is 9.99. The van der Waals surface area contributed by atoms with E-state index in [0.717, 1.165) is 5.56 Å². The highest BCUT2D eigenvalue weighted by molar-refractivity contribution is 5.97. The fourth-order valence-electron chi connectivity index (χ4n) is 3.03. The second-order valence-electron chi connectivity index (χ2n) is 8.84. The van der Waals surface area contributed by atoms with Gasteiger partial charge in [0.2, 0.25) is 11.8 Å². The Labute approximate surface area is 187 Å². The van der Waals surface area contributed by atoms with E-state index in [2.05, 4.69) is 16.0 Å². The van der Waals surface area contributed by atoms with Crippen molar-refractivity contribution in [1.29, 1.82) is 0 Å². The number of hydrogen-bond donors (Lipinski definition) is 4. The molecule has 4 N–H and O–H groups in total. The lowest BCUT2D eigenvalue weighted by atomic mass is 9.86. The van der Waals surface area contributed by atoms with Crippen molar-refractivity contribution in [3.05, 3.63) is 35.9 Å². The molecule has 0 aliphatic carbocycles. The van der Waals surface area contributed by atoms with E-state index in [0.29, 0.717) is 0 Å². The number of carboxylic acids is 1. The number of ether oxygens (including phenoxy) is 2. The number of aliphatic carboxylic acids is 1. The summed E-state index contributed by atoms with van der Waals surface area (Å²) in [5.41, 5.74) is -3.50. The van der Waals surface area contributed by atoms with E-state index in [-0.39, 0.29) is 32.7 Å². The quantitative estimate of drug-likeness (QED) is 0.469. The molecule has 1 saturated heterocycles. The number of rotatable bonds is 8. The first-order valence-electron chi connectivity index (χ1n) is 10.3. The molecule has 0 aromatic heterocycles. The van der Waals surface area contributed by atoms with E-state index in [9.17, 15) is 24.3 Å². The third-order valence-electron chi connectivity index (χ3n) is 5.29. The Morgan fingerprint density at radius 2 is 1.59 bits per heavy atom. The van der Waals surface area contributed by atoms with Crippen LogP contribution in [0, 0.1) is 0 Å². The molecule has 0 bridgehead atoms. The van der Waals surface area contributed by atoms with Crippen LogP contribution in [0.3, 0.4) is 0 Å². The molecule has 176 valence electrons. The third-order valence-corrected chi connectivity index (χ3v) is 5.29. The molecule has 1 aromatic carbocycles. The van der Waals surface area contributed by atoms with Crippen molar-refractivity contribution in [1.82, 2.24) is 16.0 Å². The number of alkyl carbamates (subject to hydrolysis) is 1. The summed E-state index contributed by atoms with van der Waals surface area (Å²) in [6.07, 6.45) is -0.463. The largest absolute Gasteiger partial charge is 0.480 e. The average Bonchev–Trinajstić information content (AvgIpc) is 2.73. The Morgan fingerprint density at radius 1 is 1.00 bits per heavy atom. The monoisotopic (exact) mass is 449 g/mol. The number of hydrogen-bond acceptors (Lipinski definition) is 6. The number of benzene rings is 1. The van der Waals surface area contributed by atoms with Crippen molar-refractivity contribution in [2.24, 2.45) is 0 Å². The predicted octanol–water partition coefficient (Wildman–Crippen LogP) is 1.34. The number of nitrogens with one attached hydrogen (secondary N) is 3. The zero-order valence-electron chi connectivity index (χ0n) is 18.8. The van der Waals surface area contributed by atoms with Crippen LogP contribution in [-0.2, 0) is 30.5 Å². The van der Waals surface area contributed by atoms with Crippen LogP contribution < -0.4 is 16.0 Å². The maximum Gasteiger partial charge on any atom is 0.408 e. The minimum atomic E-state index is -1.53. The minimum Gasteiger partial charge on any atom is -0.480 e. The van der Waals surface area contributed by atoms with Gasteiger partial charge in [-0.1, -0.05) is 30.3 Å². The Kier molecular flexibility index (Phi) is 7.84. The molecule has 0 unspecified atom stereocenters. The van der Waals surface area contributed by atoms with Gasteiger partial charge in [-0.2, -0.15) is 0 Å². The van der Waals surface area contributed by atoms with Crippen LogP contribution in [0.25, 0.3) is 0 Å². The Bertz CT molecular complexity index is 846. The normalized spacial score (nSPS) is 15.9. The molecule has 1 fully saturated rings. The van der Waals surface area contributed by atoms with E-state index >= 15 is 0 Å². The van der Waals surface area contributed by atoms with Crippen molar-refractivity contribution >= 4 is 23.9 Å². The first kappa shape index (κ1) is 25.1. The first-order valence-corrected chi connectivity index (χ1v) is 10.3. The van der Waals surface area contributed by atoms with E-state index in [1.807, 2.05) is 18.2 Å². The maximum atomic E-state index is 13.0. The molecule has 0 atom stereocenters. The molecule has 1 aliphatic heterocycles. The summed E-state index contributed by atoms with van der Waals surface area (Å²) in [7, 11) is 0. The maximum absolute atomic E-state index is 13.0. The van der Waals surface area contributed by atoms with Crippen LogP contribution in [-0.4, -0.2) is 58.8 Å². The summed E-state index contributed by atoms with van der Waals surface area (Å²) in [5, 5.41) is 17.0.